The molecule has 0 aliphatic carbocycles. The molecule has 0 radical (unpaired) electrons. The number of benzene rings is 7. The van der Waals surface area contributed by atoms with Gasteiger partial charge in [-0.15, -0.1) is 0 Å². The highest BCUT2D eigenvalue weighted by atomic mass is 31.2. The Morgan fingerprint density at radius 3 is 1.59 bits per heavy atom. The number of hydrogen-bond acceptors (Lipinski definition) is 3. The van der Waals surface area contributed by atoms with Crippen LogP contribution in [-0.2, 0) is 16.4 Å². The number of nitrogens with zero attached hydrogens (tertiary/aromatic N) is 2. The van der Waals surface area contributed by atoms with Gasteiger partial charge in [-0.25, -0.2) is 4.99 Å². The van der Waals surface area contributed by atoms with E-state index >= 15 is 4.57 Å². The molecule has 0 bridgehead atoms. The zero-order chi connectivity index (χ0) is 34.5. The standard InChI is InChI=1S/C47H37N2OP/c50-51(41-27-12-4-13-28-41,42-29-14-5-15-30-42)43-31-18-26-40(34-43)47(39-24-10-3-11-25-39)35-48-46(37-21-8-2-9-22-37)49-45(36-19-6-1-7-20-36)33-38-23-16-17-32-44(38)47/h1-32,34H,33,35H2/b48-46-,49-45+. The van der Waals surface area contributed by atoms with Crippen molar-refractivity contribution in [2.45, 2.75) is 11.8 Å². The van der Waals surface area contributed by atoms with Crippen LogP contribution >= 0.6 is 7.14 Å². The van der Waals surface area contributed by atoms with Crippen molar-refractivity contribution in [2.24, 2.45) is 9.98 Å². The van der Waals surface area contributed by atoms with Crippen molar-refractivity contribution in [2.75, 3.05) is 6.54 Å². The summed E-state index contributed by atoms with van der Waals surface area (Å²) in [7, 11) is -3.26. The molecule has 1 aliphatic rings. The van der Waals surface area contributed by atoms with Crippen molar-refractivity contribution in [3.8, 4) is 0 Å². The number of rotatable bonds is 7. The molecule has 7 aromatic carbocycles. The molecule has 8 rings (SSSR count). The van der Waals surface area contributed by atoms with Crippen molar-refractivity contribution < 1.29 is 4.57 Å². The molecule has 0 aromatic heterocycles. The molecule has 51 heavy (non-hydrogen) atoms. The van der Waals surface area contributed by atoms with Crippen LogP contribution in [0.4, 0.5) is 0 Å². The Morgan fingerprint density at radius 2 is 0.961 bits per heavy atom. The van der Waals surface area contributed by atoms with E-state index in [0.29, 0.717) is 18.8 Å². The van der Waals surface area contributed by atoms with Crippen molar-refractivity contribution in [1.82, 2.24) is 0 Å². The third-order valence-electron chi connectivity index (χ3n) is 9.89. The van der Waals surface area contributed by atoms with E-state index < -0.39 is 12.6 Å². The second-order valence-corrected chi connectivity index (χ2v) is 15.6. The summed E-state index contributed by atoms with van der Waals surface area (Å²) < 4.78 is 15.7. The van der Waals surface area contributed by atoms with Crippen LogP contribution < -0.4 is 15.9 Å². The van der Waals surface area contributed by atoms with E-state index in [0.717, 1.165) is 49.4 Å². The Hall–Kier alpha value is -5.89. The second-order valence-electron chi connectivity index (χ2n) is 12.9. The maximum atomic E-state index is 15.7. The zero-order valence-electron chi connectivity index (χ0n) is 28.2. The van der Waals surface area contributed by atoms with Gasteiger partial charge in [-0.3, -0.25) is 4.99 Å². The molecule has 3 nitrogen and oxygen atoms in total. The van der Waals surface area contributed by atoms with Crippen LogP contribution in [0.1, 0.15) is 33.4 Å². The van der Waals surface area contributed by atoms with Crippen LogP contribution in [0.25, 0.3) is 0 Å². The largest absolute Gasteiger partial charge is 0.309 e. The van der Waals surface area contributed by atoms with Gasteiger partial charge in [0.05, 0.1) is 17.7 Å². The summed E-state index contributed by atoms with van der Waals surface area (Å²) in [5, 5.41) is 2.41. The van der Waals surface area contributed by atoms with Gasteiger partial charge in [-0.2, -0.15) is 0 Å². The van der Waals surface area contributed by atoms with E-state index in [-0.39, 0.29) is 0 Å². The van der Waals surface area contributed by atoms with Crippen molar-refractivity contribution in [1.29, 1.82) is 0 Å². The lowest BCUT2D eigenvalue weighted by Gasteiger charge is -2.37. The van der Waals surface area contributed by atoms with Crippen LogP contribution in [0.2, 0.25) is 0 Å². The molecule has 4 heteroatoms. The van der Waals surface area contributed by atoms with Crippen molar-refractivity contribution >= 4 is 34.6 Å². The first kappa shape index (κ1) is 32.3. The summed E-state index contributed by atoms with van der Waals surface area (Å²) in [5.74, 6) is 0.693. The minimum Gasteiger partial charge on any atom is -0.309 e. The molecule has 0 spiro atoms. The third-order valence-corrected chi connectivity index (χ3v) is 12.9. The summed E-state index contributed by atoms with van der Waals surface area (Å²) in [6.07, 6.45) is 0.618. The fourth-order valence-corrected chi connectivity index (χ4v) is 10.1. The highest BCUT2D eigenvalue weighted by Crippen LogP contribution is 2.46. The number of amidine groups is 1. The van der Waals surface area contributed by atoms with Crippen LogP contribution in [0.15, 0.2) is 210 Å². The summed E-state index contributed by atoms with van der Waals surface area (Å²) in [6, 6.07) is 68.3. The molecule has 0 saturated carbocycles. The van der Waals surface area contributed by atoms with Gasteiger partial charge in [0.1, 0.15) is 0 Å². The van der Waals surface area contributed by atoms with E-state index in [1.807, 2.05) is 91.0 Å². The predicted molar refractivity (Wildman–Crippen MR) is 213 cm³/mol. The van der Waals surface area contributed by atoms with Gasteiger partial charge in [0.15, 0.2) is 13.0 Å². The summed E-state index contributed by atoms with van der Waals surface area (Å²) >= 11 is 0. The molecule has 0 saturated heterocycles. The van der Waals surface area contributed by atoms with Crippen molar-refractivity contribution in [3.63, 3.8) is 0 Å². The Kier molecular flexibility index (Phi) is 8.97. The highest BCUT2D eigenvalue weighted by Gasteiger charge is 2.40. The molecular weight excluding hydrogens is 640 g/mol. The second kappa shape index (κ2) is 14.2. The van der Waals surface area contributed by atoms with E-state index in [9.17, 15) is 0 Å². The van der Waals surface area contributed by atoms with Crippen molar-refractivity contribution in [3.05, 3.63) is 234 Å². The van der Waals surface area contributed by atoms with E-state index in [1.54, 1.807) is 0 Å². The molecule has 1 aliphatic heterocycles. The van der Waals surface area contributed by atoms with Gasteiger partial charge >= 0.3 is 0 Å². The monoisotopic (exact) mass is 676 g/mol. The molecule has 7 aromatic rings. The van der Waals surface area contributed by atoms with Crippen LogP contribution in [0.3, 0.4) is 0 Å². The van der Waals surface area contributed by atoms with E-state index in [2.05, 4.69) is 109 Å². The smallest absolute Gasteiger partial charge is 0.171 e. The van der Waals surface area contributed by atoms with Crippen LogP contribution in [0.5, 0.6) is 0 Å². The maximum absolute atomic E-state index is 15.7. The predicted octanol–water partition coefficient (Wildman–Crippen LogP) is 9.15. The first-order chi connectivity index (χ1) is 25.2. The SMILES string of the molecule is O=P(c1ccccc1)(c1ccccc1)c1cccc(C2(c3ccccc3)C/N=C(c3ccccc3)\N=C(\c3ccccc3)Cc3ccccc32)c1. The number of aliphatic imine (C=N–C) groups is 2. The van der Waals surface area contributed by atoms with Gasteiger partial charge in [0, 0.05) is 27.9 Å². The number of fused-ring (bicyclic) bond motifs is 1. The van der Waals surface area contributed by atoms with Gasteiger partial charge in [-0.1, -0.05) is 194 Å². The average Bonchev–Trinajstić information content (AvgIpc) is 3.29. The zero-order valence-corrected chi connectivity index (χ0v) is 29.1. The van der Waals surface area contributed by atoms with Gasteiger partial charge in [0.25, 0.3) is 0 Å². The Bertz CT molecular complexity index is 2330. The van der Waals surface area contributed by atoms with Crippen LogP contribution in [-0.4, -0.2) is 18.1 Å². The fourth-order valence-electron chi connectivity index (χ4n) is 7.37. The molecule has 1 heterocycles. The molecule has 0 fully saturated rings. The Morgan fingerprint density at radius 1 is 0.471 bits per heavy atom. The average molecular weight is 677 g/mol. The molecule has 246 valence electrons. The molecular formula is C47H37N2OP. The lowest BCUT2D eigenvalue weighted by atomic mass is 9.67. The third kappa shape index (κ3) is 6.11. The fraction of sp³-hybridized carbons (Fsp3) is 0.0638. The minimum atomic E-state index is -3.26. The lowest BCUT2D eigenvalue weighted by molar-refractivity contribution is 0.592. The van der Waals surface area contributed by atoms with E-state index in [4.69, 9.17) is 9.98 Å². The molecule has 0 N–H and O–H groups in total. The summed E-state index contributed by atoms with van der Waals surface area (Å²) in [6.45, 7) is 0.397. The minimum absolute atomic E-state index is 0.397. The molecule has 1 unspecified atom stereocenters. The highest BCUT2D eigenvalue weighted by molar-refractivity contribution is 7.85. The number of hydrogen-bond donors (Lipinski definition) is 0. The normalized spacial score (nSPS) is 18.1. The molecule has 0 amide bonds. The van der Waals surface area contributed by atoms with E-state index in [1.165, 1.54) is 5.56 Å². The van der Waals surface area contributed by atoms with Gasteiger partial charge < -0.3 is 4.57 Å². The Labute approximate surface area is 300 Å². The maximum Gasteiger partial charge on any atom is 0.171 e. The topological polar surface area (TPSA) is 41.8 Å². The van der Waals surface area contributed by atoms with Crippen LogP contribution in [0, 0.1) is 0 Å². The molecule has 1 atom stereocenters. The van der Waals surface area contributed by atoms with Gasteiger partial charge in [-0.05, 0) is 33.9 Å². The first-order valence-corrected chi connectivity index (χ1v) is 19.1. The Balaban J connectivity index is 1.42. The quantitative estimate of drug-likeness (QED) is 0.155. The summed E-state index contributed by atoms with van der Waals surface area (Å²) in [5.41, 5.74) is 6.74. The summed E-state index contributed by atoms with van der Waals surface area (Å²) in [4.78, 5) is 10.8. The first-order valence-electron chi connectivity index (χ1n) is 17.4. The lowest BCUT2D eigenvalue weighted by Crippen LogP contribution is -2.36. The van der Waals surface area contributed by atoms with Gasteiger partial charge in [0.2, 0.25) is 0 Å².